The quantitative estimate of drug-likeness (QED) is 0.184. The number of nitrogens with one attached hydrogen (secondary N) is 1. The summed E-state index contributed by atoms with van der Waals surface area (Å²) in [6.45, 7) is 0.351. The fraction of sp³-hybridized carbons (Fsp3) is 0.297. The van der Waals surface area contributed by atoms with Crippen molar-refractivity contribution < 1.29 is 9.59 Å². The number of rotatable bonds is 11. The molecule has 4 aromatic carbocycles. The van der Waals surface area contributed by atoms with Gasteiger partial charge in [-0.05, 0) is 47.2 Å². The summed E-state index contributed by atoms with van der Waals surface area (Å²) in [6, 6.07) is 38.0. The minimum atomic E-state index is -0.631. The maximum absolute atomic E-state index is 14.6. The van der Waals surface area contributed by atoms with Gasteiger partial charge in [-0.2, -0.15) is 0 Å². The summed E-state index contributed by atoms with van der Waals surface area (Å²) in [5.74, 6) is -0.221. The first kappa shape index (κ1) is 29.8. The second kappa shape index (κ2) is 15.0. The maximum Gasteiger partial charge on any atom is 0.243 e. The maximum atomic E-state index is 14.6. The van der Waals surface area contributed by atoms with Crippen LogP contribution in [0.15, 0.2) is 120 Å². The largest absolute Gasteiger partial charge is 0.352 e. The number of hydrogen-bond donors (Lipinski definition) is 1. The van der Waals surface area contributed by atoms with Crippen LogP contribution in [-0.4, -0.2) is 28.8 Å². The molecular weight excluding hydrogens is 584 g/mol. The van der Waals surface area contributed by atoms with Gasteiger partial charge in [0.05, 0.1) is 0 Å². The zero-order valence-corrected chi connectivity index (χ0v) is 25.6. The third-order valence-corrected chi connectivity index (χ3v) is 8.74. The van der Waals surface area contributed by atoms with Gasteiger partial charge in [0.15, 0.2) is 0 Å². The molecule has 2 amide bonds. The van der Waals surface area contributed by atoms with E-state index in [0.717, 1.165) is 52.4 Å². The van der Waals surface area contributed by atoms with Gasteiger partial charge in [-0.15, -0.1) is 0 Å². The zero-order valence-electron chi connectivity index (χ0n) is 24.0. The van der Waals surface area contributed by atoms with Crippen molar-refractivity contribution >= 4 is 27.7 Å². The summed E-state index contributed by atoms with van der Waals surface area (Å²) < 4.78 is 0.949. The Labute approximate surface area is 258 Å². The predicted octanol–water partition coefficient (Wildman–Crippen LogP) is 8.06. The average molecular weight is 624 g/mol. The van der Waals surface area contributed by atoms with Gasteiger partial charge in [0.2, 0.25) is 11.8 Å². The molecule has 1 aliphatic carbocycles. The Morgan fingerprint density at radius 2 is 1.31 bits per heavy atom. The normalized spacial score (nSPS) is 14.3. The van der Waals surface area contributed by atoms with Crippen LogP contribution in [0.5, 0.6) is 0 Å². The van der Waals surface area contributed by atoms with Gasteiger partial charge in [-0.1, -0.05) is 138 Å². The molecule has 1 N–H and O–H groups in total. The van der Waals surface area contributed by atoms with E-state index in [-0.39, 0.29) is 30.2 Å². The van der Waals surface area contributed by atoms with Crippen LogP contribution in [0.1, 0.15) is 66.7 Å². The van der Waals surface area contributed by atoms with Crippen LogP contribution in [0.25, 0.3) is 0 Å². The van der Waals surface area contributed by atoms with Gasteiger partial charge < -0.3 is 10.2 Å². The van der Waals surface area contributed by atoms with E-state index >= 15 is 0 Å². The van der Waals surface area contributed by atoms with Crippen molar-refractivity contribution in [3.05, 3.63) is 142 Å². The van der Waals surface area contributed by atoms with E-state index in [1.807, 2.05) is 95.9 Å². The van der Waals surface area contributed by atoms with Crippen LogP contribution in [0.4, 0.5) is 0 Å². The van der Waals surface area contributed by atoms with E-state index < -0.39 is 6.04 Å². The lowest BCUT2D eigenvalue weighted by Gasteiger charge is -2.34. The van der Waals surface area contributed by atoms with E-state index in [4.69, 9.17) is 0 Å². The molecule has 0 unspecified atom stereocenters. The van der Waals surface area contributed by atoms with E-state index in [2.05, 4.69) is 45.5 Å². The van der Waals surface area contributed by atoms with Gasteiger partial charge in [0, 0.05) is 35.8 Å². The van der Waals surface area contributed by atoms with E-state index in [9.17, 15) is 9.59 Å². The predicted molar refractivity (Wildman–Crippen MR) is 173 cm³/mol. The van der Waals surface area contributed by atoms with Crippen molar-refractivity contribution in [3.63, 3.8) is 0 Å². The SMILES string of the molecule is O=C(NC1CCCCC1)[C@H](Cc1ccccc1)N(Cc1cccc(Br)c1)C(=O)CC(c1ccccc1)c1ccccc1. The van der Waals surface area contributed by atoms with Gasteiger partial charge in [-0.25, -0.2) is 0 Å². The first-order valence-corrected chi connectivity index (χ1v) is 15.8. The van der Waals surface area contributed by atoms with Crippen molar-refractivity contribution in [1.82, 2.24) is 10.2 Å². The number of carbonyl (C=O) groups excluding carboxylic acids is 2. The summed E-state index contributed by atoms with van der Waals surface area (Å²) in [5, 5.41) is 3.35. The highest BCUT2D eigenvalue weighted by atomic mass is 79.9. The van der Waals surface area contributed by atoms with Crippen LogP contribution in [-0.2, 0) is 22.6 Å². The lowest BCUT2D eigenvalue weighted by atomic mass is 9.87. The lowest BCUT2D eigenvalue weighted by molar-refractivity contribution is -0.141. The van der Waals surface area contributed by atoms with Crippen LogP contribution < -0.4 is 5.32 Å². The molecule has 1 saturated carbocycles. The lowest BCUT2D eigenvalue weighted by Crippen LogP contribution is -2.53. The smallest absolute Gasteiger partial charge is 0.243 e. The number of benzene rings is 4. The topological polar surface area (TPSA) is 49.4 Å². The first-order chi connectivity index (χ1) is 20.6. The highest BCUT2D eigenvalue weighted by molar-refractivity contribution is 9.10. The molecule has 4 aromatic rings. The van der Waals surface area contributed by atoms with Crippen LogP contribution in [0.2, 0.25) is 0 Å². The molecule has 4 nitrogen and oxygen atoms in total. The number of carbonyl (C=O) groups is 2. The van der Waals surface area contributed by atoms with Crippen molar-refractivity contribution in [2.24, 2.45) is 0 Å². The second-order valence-electron chi connectivity index (χ2n) is 11.3. The summed E-state index contributed by atoms with van der Waals surface area (Å²) in [4.78, 5) is 30.5. The molecule has 0 radical (unpaired) electrons. The molecule has 1 aliphatic rings. The van der Waals surface area contributed by atoms with E-state index in [1.54, 1.807) is 0 Å². The van der Waals surface area contributed by atoms with Gasteiger partial charge in [0.25, 0.3) is 0 Å². The molecule has 216 valence electrons. The average Bonchev–Trinajstić information content (AvgIpc) is 3.03. The van der Waals surface area contributed by atoms with E-state index in [0.29, 0.717) is 13.0 Å². The number of hydrogen-bond acceptors (Lipinski definition) is 2. The minimum Gasteiger partial charge on any atom is -0.352 e. The van der Waals surface area contributed by atoms with Crippen molar-refractivity contribution in [1.29, 1.82) is 0 Å². The molecule has 1 fully saturated rings. The first-order valence-electron chi connectivity index (χ1n) is 15.0. The fourth-order valence-electron chi connectivity index (χ4n) is 6.02. The summed E-state index contributed by atoms with van der Waals surface area (Å²) in [6.07, 6.45) is 6.19. The Morgan fingerprint density at radius 1 is 0.738 bits per heavy atom. The van der Waals surface area contributed by atoms with Crippen molar-refractivity contribution in [2.45, 2.75) is 69.5 Å². The molecule has 0 saturated heterocycles. The van der Waals surface area contributed by atoms with Gasteiger partial charge >= 0.3 is 0 Å². The number of halogens is 1. The highest BCUT2D eigenvalue weighted by Crippen LogP contribution is 2.30. The van der Waals surface area contributed by atoms with Gasteiger partial charge in [-0.3, -0.25) is 9.59 Å². The van der Waals surface area contributed by atoms with Gasteiger partial charge in [0.1, 0.15) is 6.04 Å². The molecule has 0 bridgehead atoms. The molecule has 1 atom stereocenters. The number of nitrogens with zero attached hydrogens (tertiary/aromatic N) is 1. The van der Waals surface area contributed by atoms with Crippen molar-refractivity contribution in [2.75, 3.05) is 0 Å². The summed E-state index contributed by atoms with van der Waals surface area (Å²) >= 11 is 3.59. The Morgan fingerprint density at radius 3 is 1.90 bits per heavy atom. The second-order valence-corrected chi connectivity index (χ2v) is 12.2. The monoisotopic (exact) mass is 622 g/mol. The fourth-order valence-corrected chi connectivity index (χ4v) is 6.47. The Hall–Kier alpha value is -3.70. The summed E-state index contributed by atoms with van der Waals surface area (Å²) in [5.41, 5.74) is 4.20. The molecule has 0 heterocycles. The molecule has 42 heavy (non-hydrogen) atoms. The third kappa shape index (κ3) is 8.19. The minimum absolute atomic E-state index is 0.0348. The Bertz CT molecular complexity index is 1380. The van der Waals surface area contributed by atoms with E-state index in [1.165, 1.54) is 6.42 Å². The Balaban J connectivity index is 1.51. The standard InChI is InChI=1S/C37H39BrN2O2/c38-32-21-13-16-29(24-32)27-40(36(41)26-34(30-17-7-2-8-18-30)31-19-9-3-10-20-31)35(25-28-14-5-1-6-15-28)37(42)39-33-22-11-4-12-23-33/h1-3,5-10,13-21,24,33-35H,4,11-12,22-23,25-27H2,(H,39,42)/t35-/m0/s1. The molecule has 5 heteroatoms. The van der Waals surface area contributed by atoms with Crippen LogP contribution in [0, 0.1) is 0 Å². The molecular formula is C37H39BrN2O2. The Kier molecular flexibility index (Phi) is 10.6. The van der Waals surface area contributed by atoms with Crippen LogP contribution in [0.3, 0.4) is 0 Å². The zero-order chi connectivity index (χ0) is 29.1. The molecule has 5 rings (SSSR count). The highest BCUT2D eigenvalue weighted by Gasteiger charge is 2.33. The third-order valence-electron chi connectivity index (χ3n) is 8.25. The molecule has 0 aliphatic heterocycles. The van der Waals surface area contributed by atoms with Crippen LogP contribution >= 0.6 is 15.9 Å². The molecule has 0 spiro atoms. The van der Waals surface area contributed by atoms with Crippen molar-refractivity contribution in [3.8, 4) is 0 Å². The molecule has 0 aromatic heterocycles. The summed E-state index contributed by atoms with van der Waals surface area (Å²) in [7, 11) is 0. The number of amides is 2.